The Morgan fingerprint density at radius 3 is 2.76 bits per heavy atom. The van der Waals surface area contributed by atoms with E-state index in [4.69, 9.17) is 20.8 Å². The van der Waals surface area contributed by atoms with E-state index in [1.807, 2.05) is 19.1 Å². The summed E-state index contributed by atoms with van der Waals surface area (Å²) < 4.78 is 10.7. The maximum Gasteiger partial charge on any atom is 0.324 e. The summed E-state index contributed by atoms with van der Waals surface area (Å²) in [6.45, 7) is 2.87. The Labute approximate surface area is 126 Å². The minimum absolute atomic E-state index is 0.0194. The van der Waals surface area contributed by atoms with Gasteiger partial charge in [-0.2, -0.15) is 0 Å². The van der Waals surface area contributed by atoms with Gasteiger partial charge < -0.3 is 14.5 Å². The van der Waals surface area contributed by atoms with Crippen molar-refractivity contribution in [1.29, 1.82) is 0 Å². The first-order valence-electron chi connectivity index (χ1n) is 6.40. The predicted octanol–water partition coefficient (Wildman–Crippen LogP) is 2.50. The summed E-state index contributed by atoms with van der Waals surface area (Å²) in [6, 6.07) is 6.79. The molecule has 1 aromatic carbocycles. The molecule has 0 saturated heterocycles. The number of nitrogens with zero attached hydrogens (tertiary/aromatic N) is 2. The van der Waals surface area contributed by atoms with E-state index in [1.165, 1.54) is 0 Å². The van der Waals surface area contributed by atoms with Crippen LogP contribution in [0.2, 0.25) is 0 Å². The van der Waals surface area contributed by atoms with Crippen LogP contribution in [0.4, 0.5) is 10.8 Å². The number of benzene rings is 1. The van der Waals surface area contributed by atoms with Gasteiger partial charge in [-0.1, -0.05) is 5.10 Å². The van der Waals surface area contributed by atoms with Crippen molar-refractivity contribution in [3.63, 3.8) is 0 Å². The third kappa shape index (κ3) is 4.35. The number of alkyl halides is 1. The zero-order chi connectivity index (χ0) is 15.1. The van der Waals surface area contributed by atoms with Gasteiger partial charge in [-0.15, -0.1) is 16.7 Å². The molecule has 0 radical (unpaired) electrons. The topological polar surface area (TPSA) is 89.3 Å². The van der Waals surface area contributed by atoms with Crippen molar-refractivity contribution in [3.05, 3.63) is 24.3 Å². The maximum atomic E-state index is 11.4. The van der Waals surface area contributed by atoms with Crippen molar-refractivity contribution >= 4 is 23.6 Å². The van der Waals surface area contributed by atoms with E-state index in [1.54, 1.807) is 12.1 Å². The standard InChI is InChI=1S/C13H15ClN4O3/c1-2-20-10-5-3-9(4-6-10)11-17-18-13(21-11)16-12(19)15-8-7-14/h3-6H,2,7-8H2,1H3,(H2,15,16,18,19). The molecule has 2 aromatic rings. The lowest BCUT2D eigenvalue weighted by molar-refractivity contribution is 0.252. The molecule has 2 amide bonds. The quantitative estimate of drug-likeness (QED) is 0.800. The van der Waals surface area contributed by atoms with E-state index in [2.05, 4.69) is 20.8 Å². The number of ether oxygens (including phenoxy) is 1. The maximum absolute atomic E-state index is 11.4. The average molecular weight is 311 g/mol. The van der Waals surface area contributed by atoms with Crippen molar-refractivity contribution in [2.45, 2.75) is 6.92 Å². The van der Waals surface area contributed by atoms with Gasteiger partial charge in [0.15, 0.2) is 0 Å². The monoisotopic (exact) mass is 310 g/mol. The fourth-order valence-electron chi connectivity index (χ4n) is 1.55. The molecule has 21 heavy (non-hydrogen) atoms. The molecule has 2 N–H and O–H groups in total. The molecule has 0 aliphatic carbocycles. The summed E-state index contributed by atoms with van der Waals surface area (Å²) in [5.41, 5.74) is 0.736. The first-order valence-corrected chi connectivity index (χ1v) is 6.94. The molecule has 0 unspecified atom stereocenters. The highest BCUT2D eigenvalue weighted by Crippen LogP contribution is 2.22. The molecule has 0 atom stereocenters. The lowest BCUT2D eigenvalue weighted by atomic mass is 10.2. The number of carbonyl (C=O) groups excluding carboxylic acids is 1. The van der Waals surface area contributed by atoms with Crippen molar-refractivity contribution in [2.75, 3.05) is 24.3 Å². The second-order valence-electron chi connectivity index (χ2n) is 3.94. The van der Waals surface area contributed by atoms with Crippen LogP contribution < -0.4 is 15.4 Å². The molecule has 1 aromatic heterocycles. The number of halogens is 1. The van der Waals surface area contributed by atoms with Crippen molar-refractivity contribution in [2.24, 2.45) is 0 Å². The minimum atomic E-state index is -0.447. The Morgan fingerprint density at radius 1 is 1.33 bits per heavy atom. The lowest BCUT2D eigenvalue weighted by Crippen LogP contribution is -2.30. The van der Waals surface area contributed by atoms with Crippen molar-refractivity contribution < 1.29 is 13.9 Å². The van der Waals surface area contributed by atoms with Crippen LogP contribution in [0.1, 0.15) is 6.92 Å². The lowest BCUT2D eigenvalue weighted by Gasteiger charge is -2.02. The Morgan fingerprint density at radius 2 is 2.10 bits per heavy atom. The molecule has 0 aliphatic rings. The van der Waals surface area contributed by atoms with Gasteiger partial charge in [-0.3, -0.25) is 5.32 Å². The molecule has 2 rings (SSSR count). The molecular formula is C13H15ClN4O3. The van der Waals surface area contributed by atoms with Gasteiger partial charge in [-0.25, -0.2) is 4.79 Å². The summed E-state index contributed by atoms with van der Waals surface area (Å²) in [5.74, 6) is 1.40. The Hall–Kier alpha value is -2.28. The zero-order valence-electron chi connectivity index (χ0n) is 11.4. The number of aromatic nitrogens is 2. The average Bonchev–Trinajstić information content (AvgIpc) is 2.94. The Balaban J connectivity index is 2.00. The first kappa shape index (κ1) is 15.1. The molecular weight excluding hydrogens is 296 g/mol. The second-order valence-corrected chi connectivity index (χ2v) is 4.32. The van der Waals surface area contributed by atoms with E-state index < -0.39 is 6.03 Å². The van der Waals surface area contributed by atoms with E-state index in [9.17, 15) is 4.79 Å². The number of hydrogen-bond acceptors (Lipinski definition) is 5. The highest BCUT2D eigenvalue weighted by Gasteiger charge is 2.11. The minimum Gasteiger partial charge on any atom is -0.494 e. The van der Waals surface area contributed by atoms with Crippen LogP contribution in [0.25, 0.3) is 11.5 Å². The van der Waals surface area contributed by atoms with Crippen LogP contribution in [0.3, 0.4) is 0 Å². The predicted molar refractivity (Wildman–Crippen MR) is 78.6 cm³/mol. The van der Waals surface area contributed by atoms with Crippen LogP contribution in [-0.4, -0.2) is 35.3 Å². The highest BCUT2D eigenvalue weighted by molar-refractivity contribution is 6.18. The van der Waals surface area contributed by atoms with E-state index in [-0.39, 0.29) is 6.01 Å². The third-order valence-corrected chi connectivity index (χ3v) is 2.63. The Kier molecular flexibility index (Phi) is 5.39. The number of urea groups is 1. The molecule has 0 bridgehead atoms. The van der Waals surface area contributed by atoms with Crippen LogP contribution in [-0.2, 0) is 0 Å². The van der Waals surface area contributed by atoms with Gasteiger partial charge in [0.1, 0.15) is 5.75 Å². The van der Waals surface area contributed by atoms with Crippen molar-refractivity contribution in [3.8, 4) is 17.2 Å². The SMILES string of the molecule is CCOc1ccc(-c2nnc(NC(=O)NCCCl)o2)cc1. The van der Waals surface area contributed by atoms with Crippen LogP contribution in [0.5, 0.6) is 5.75 Å². The van der Waals surface area contributed by atoms with Crippen LogP contribution in [0, 0.1) is 0 Å². The number of hydrogen-bond donors (Lipinski definition) is 2. The van der Waals surface area contributed by atoms with Gasteiger partial charge >= 0.3 is 12.0 Å². The van der Waals surface area contributed by atoms with E-state index in [0.717, 1.165) is 11.3 Å². The number of nitrogens with one attached hydrogen (secondary N) is 2. The molecule has 0 fully saturated rings. The first-order chi connectivity index (χ1) is 10.2. The normalized spacial score (nSPS) is 10.2. The van der Waals surface area contributed by atoms with Crippen LogP contribution in [0.15, 0.2) is 28.7 Å². The second kappa shape index (κ2) is 7.49. The number of anilines is 1. The van der Waals surface area contributed by atoms with Gasteiger partial charge in [0, 0.05) is 18.0 Å². The summed E-state index contributed by atoms with van der Waals surface area (Å²) in [4.78, 5) is 11.4. The van der Waals surface area contributed by atoms with Crippen molar-refractivity contribution in [1.82, 2.24) is 15.5 Å². The summed E-state index contributed by atoms with van der Waals surface area (Å²) in [6.07, 6.45) is 0. The van der Waals surface area contributed by atoms with Gasteiger partial charge in [0.05, 0.1) is 6.61 Å². The number of rotatable bonds is 6. The molecule has 7 nitrogen and oxygen atoms in total. The Bertz CT molecular complexity index is 585. The summed E-state index contributed by atoms with van der Waals surface area (Å²) >= 11 is 5.46. The number of amides is 2. The summed E-state index contributed by atoms with van der Waals surface area (Å²) in [7, 11) is 0. The van der Waals surface area contributed by atoms with Gasteiger partial charge in [0.2, 0.25) is 5.89 Å². The molecule has 8 heteroatoms. The van der Waals surface area contributed by atoms with E-state index >= 15 is 0 Å². The fourth-order valence-corrected chi connectivity index (χ4v) is 1.65. The number of carbonyl (C=O) groups is 1. The third-order valence-electron chi connectivity index (χ3n) is 2.44. The largest absolute Gasteiger partial charge is 0.494 e. The van der Waals surface area contributed by atoms with Gasteiger partial charge in [0.25, 0.3) is 0 Å². The highest BCUT2D eigenvalue weighted by atomic mass is 35.5. The molecule has 0 saturated carbocycles. The fraction of sp³-hybridized carbons (Fsp3) is 0.308. The molecule has 0 spiro atoms. The molecule has 112 valence electrons. The van der Waals surface area contributed by atoms with Crippen LogP contribution >= 0.6 is 11.6 Å². The molecule has 0 aliphatic heterocycles. The van der Waals surface area contributed by atoms with E-state index in [0.29, 0.717) is 24.9 Å². The zero-order valence-corrected chi connectivity index (χ0v) is 12.2. The molecule has 1 heterocycles. The van der Waals surface area contributed by atoms with Gasteiger partial charge in [-0.05, 0) is 31.2 Å². The smallest absolute Gasteiger partial charge is 0.324 e. The summed E-state index contributed by atoms with van der Waals surface area (Å²) in [5, 5.41) is 12.6.